The second-order valence-electron chi connectivity index (χ2n) is 5.91. The zero-order valence-electron chi connectivity index (χ0n) is 13.0. The van der Waals surface area contributed by atoms with Gasteiger partial charge in [-0.1, -0.05) is 12.8 Å². The van der Waals surface area contributed by atoms with E-state index in [-0.39, 0.29) is 11.9 Å². The Bertz CT molecular complexity index is 729. The lowest BCUT2D eigenvalue weighted by molar-refractivity contribution is -0.128. The number of hydrogen-bond acceptors (Lipinski definition) is 5. The molecule has 2 aromatic heterocycles. The van der Waals surface area contributed by atoms with E-state index in [1.807, 2.05) is 24.4 Å². The number of rotatable bonds is 4. The summed E-state index contributed by atoms with van der Waals surface area (Å²) in [6.07, 6.45) is 6.69. The van der Waals surface area contributed by atoms with Crippen LogP contribution in [0.3, 0.4) is 0 Å². The number of aromatic nitrogens is 2. The first-order valence-electron chi connectivity index (χ1n) is 7.73. The van der Waals surface area contributed by atoms with Crippen LogP contribution in [0.15, 0.2) is 29.9 Å². The van der Waals surface area contributed by atoms with E-state index in [4.69, 9.17) is 0 Å². The molecule has 1 saturated carbocycles. The summed E-state index contributed by atoms with van der Waals surface area (Å²) >= 11 is 1.51. The van der Waals surface area contributed by atoms with Gasteiger partial charge < -0.3 is 5.32 Å². The molecule has 0 aliphatic heterocycles. The van der Waals surface area contributed by atoms with Gasteiger partial charge in [0.15, 0.2) is 0 Å². The molecule has 0 spiro atoms. The fourth-order valence-corrected chi connectivity index (χ4v) is 3.73. The predicted molar refractivity (Wildman–Crippen MR) is 88.4 cm³/mol. The maximum Gasteiger partial charge on any atom is 0.241 e. The molecule has 1 fully saturated rings. The molecular weight excluding hydrogens is 308 g/mol. The van der Waals surface area contributed by atoms with E-state index in [1.54, 1.807) is 12.4 Å². The van der Waals surface area contributed by atoms with Crippen LogP contribution in [-0.2, 0) is 4.79 Å². The molecule has 1 aliphatic rings. The van der Waals surface area contributed by atoms with Crippen LogP contribution >= 0.6 is 11.3 Å². The Morgan fingerprint density at radius 3 is 2.91 bits per heavy atom. The molecule has 23 heavy (non-hydrogen) atoms. The van der Waals surface area contributed by atoms with Crippen LogP contribution in [0, 0.1) is 16.7 Å². The number of nitriles is 1. The Morgan fingerprint density at radius 1 is 1.48 bits per heavy atom. The van der Waals surface area contributed by atoms with E-state index in [0.717, 1.165) is 29.1 Å². The minimum absolute atomic E-state index is 0.164. The summed E-state index contributed by atoms with van der Waals surface area (Å²) in [7, 11) is 0. The summed E-state index contributed by atoms with van der Waals surface area (Å²) in [5, 5.41) is 15.2. The molecular formula is C17H18N4OS. The van der Waals surface area contributed by atoms with Gasteiger partial charge >= 0.3 is 0 Å². The van der Waals surface area contributed by atoms with Crippen molar-refractivity contribution in [3.8, 4) is 17.3 Å². The van der Waals surface area contributed by atoms with Crippen LogP contribution in [0.5, 0.6) is 0 Å². The summed E-state index contributed by atoms with van der Waals surface area (Å²) < 4.78 is 0. The Balaban J connectivity index is 1.72. The fourth-order valence-electron chi connectivity index (χ4n) is 2.90. The second kappa shape index (κ2) is 6.47. The lowest BCUT2D eigenvalue weighted by Gasteiger charge is -2.21. The molecule has 5 nitrogen and oxygen atoms in total. The zero-order valence-corrected chi connectivity index (χ0v) is 13.8. The van der Waals surface area contributed by atoms with Crippen molar-refractivity contribution in [2.75, 3.05) is 0 Å². The smallest absolute Gasteiger partial charge is 0.241 e. The quantitative estimate of drug-likeness (QED) is 0.933. The van der Waals surface area contributed by atoms with Crippen LogP contribution in [-0.4, -0.2) is 15.9 Å². The summed E-state index contributed by atoms with van der Waals surface area (Å²) in [6.45, 7) is 1.91. The Labute approximate surface area is 139 Å². The molecule has 0 bridgehead atoms. The molecule has 3 rings (SSSR count). The van der Waals surface area contributed by atoms with Gasteiger partial charge in [-0.25, -0.2) is 4.98 Å². The molecule has 2 aromatic rings. The van der Waals surface area contributed by atoms with Crippen LogP contribution < -0.4 is 5.32 Å². The van der Waals surface area contributed by atoms with Gasteiger partial charge in [-0.3, -0.25) is 9.78 Å². The maximum absolute atomic E-state index is 12.5. The Hall–Kier alpha value is -2.26. The number of amides is 1. The molecule has 1 atom stereocenters. The van der Waals surface area contributed by atoms with Gasteiger partial charge in [-0.2, -0.15) is 5.26 Å². The second-order valence-corrected chi connectivity index (χ2v) is 6.80. The molecule has 0 saturated heterocycles. The van der Waals surface area contributed by atoms with Crippen molar-refractivity contribution < 1.29 is 4.79 Å². The van der Waals surface area contributed by atoms with Crippen LogP contribution in [0.25, 0.3) is 11.3 Å². The standard InChI is InChI=1S/C17H18N4OS/c1-12(20-16(22)17(11-18)6-2-3-7-17)15-21-14(10-23-15)13-5-4-8-19-9-13/h4-5,8-10,12H,2-3,6-7H2,1H3,(H,20,22). The number of nitrogens with zero attached hydrogens (tertiary/aromatic N) is 3. The van der Waals surface area contributed by atoms with Crippen molar-refractivity contribution in [1.82, 2.24) is 15.3 Å². The summed E-state index contributed by atoms with van der Waals surface area (Å²) in [5.74, 6) is -0.164. The van der Waals surface area contributed by atoms with Crippen LogP contribution in [0.2, 0.25) is 0 Å². The van der Waals surface area contributed by atoms with Gasteiger partial charge in [-0.15, -0.1) is 11.3 Å². The van der Waals surface area contributed by atoms with Gasteiger partial charge in [0.05, 0.1) is 17.8 Å². The molecule has 1 N–H and O–H groups in total. The monoisotopic (exact) mass is 326 g/mol. The first kappa shape index (κ1) is 15.6. The number of pyridine rings is 1. The minimum Gasteiger partial charge on any atom is -0.346 e. The van der Waals surface area contributed by atoms with E-state index in [0.29, 0.717) is 12.8 Å². The van der Waals surface area contributed by atoms with Gasteiger partial charge in [0.2, 0.25) is 5.91 Å². The lowest BCUT2D eigenvalue weighted by Crippen LogP contribution is -2.39. The number of nitrogens with one attached hydrogen (secondary N) is 1. The molecule has 6 heteroatoms. The molecule has 1 amide bonds. The zero-order chi connectivity index (χ0) is 16.3. The number of carbonyl (C=O) groups is 1. The lowest BCUT2D eigenvalue weighted by atomic mass is 9.87. The molecule has 2 heterocycles. The molecule has 1 aliphatic carbocycles. The summed E-state index contributed by atoms with van der Waals surface area (Å²) in [5.41, 5.74) is 0.963. The van der Waals surface area contributed by atoms with E-state index < -0.39 is 5.41 Å². The number of thiazole rings is 1. The van der Waals surface area contributed by atoms with E-state index >= 15 is 0 Å². The van der Waals surface area contributed by atoms with Crippen molar-refractivity contribution in [1.29, 1.82) is 5.26 Å². The van der Waals surface area contributed by atoms with Crippen molar-refractivity contribution in [3.63, 3.8) is 0 Å². The van der Waals surface area contributed by atoms with Crippen LogP contribution in [0.4, 0.5) is 0 Å². The van der Waals surface area contributed by atoms with Gasteiger partial charge in [0, 0.05) is 23.3 Å². The SMILES string of the molecule is CC(NC(=O)C1(C#N)CCCC1)c1nc(-c2cccnc2)cs1. The Kier molecular flexibility index (Phi) is 4.39. The van der Waals surface area contributed by atoms with Crippen molar-refractivity contribution in [2.45, 2.75) is 38.6 Å². The fraction of sp³-hybridized carbons (Fsp3) is 0.412. The summed E-state index contributed by atoms with van der Waals surface area (Å²) in [4.78, 5) is 21.2. The van der Waals surface area contributed by atoms with Crippen LogP contribution in [0.1, 0.15) is 43.7 Å². The predicted octanol–water partition coefficient (Wildman–Crippen LogP) is 3.47. The summed E-state index contributed by atoms with van der Waals surface area (Å²) in [6, 6.07) is 5.85. The van der Waals surface area contributed by atoms with Gasteiger partial charge in [-0.05, 0) is 31.9 Å². The molecule has 0 aromatic carbocycles. The topological polar surface area (TPSA) is 78.7 Å². The van der Waals surface area contributed by atoms with E-state index in [9.17, 15) is 10.1 Å². The highest BCUT2D eigenvalue weighted by molar-refractivity contribution is 7.10. The normalized spacial score (nSPS) is 17.4. The molecule has 0 radical (unpaired) electrons. The third kappa shape index (κ3) is 3.10. The first-order chi connectivity index (χ1) is 11.1. The number of carbonyl (C=O) groups excluding carboxylic acids is 1. The highest BCUT2D eigenvalue weighted by Crippen LogP contribution is 2.38. The highest BCUT2D eigenvalue weighted by Gasteiger charge is 2.42. The average molecular weight is 326 g/mol. The van der Waals surface area contributed by atoms with Gasteiger partial charge in [0.25, 0.3) is 0 Å². The Morgan fingerprint density at radius 2 is 2.26 bits per heavy atom. The van der Waals surface area contributed by atoms with Crippen molar-refractivity contribution >= 4 is 17.2 Å². The minimum atomic E-state index is -0.850. The largest absolute Gasteiger partial charge is 0.346 e. The maximum atomic E-state index is 12.5. The number of hydrogen-bond donors (Lipinski definition) is 1. The molecule has 1 unspecified atom stereocenters. The van der Waals surface area contributed by atoms with Gasteiger partial charge in [0.1, 0.15) is 10.4 Å². The molecule has 118 valence electrons. The highest BCUT2D eigenvalue weighted by atomic mass is 32.1. The van der Waals surface area contributed by atoms with Crippen molar-refractivity contribution in [3.05, 3.63) is 34.9 Å². The first-order valence-corrected chi connectivity index (χ1v) is 8.61. The van der Waals surface area contributed by atoms with E-state index in [2.05, 4.69) is 21.4 Å². The average Bonchev–Trinajstić information content (AvgIpc) is 3.26. The third-order valence-electron chi connectivity index (χ3n) is 4.30. The van der Waals surface area contributed by atoms with E-state index in [1.165, 1.54) is 11.3 Å². The third-order valence-corrected chi connectivity index (χ3v) is 5.33. The van der Waals surface area contributed by atoms with Crippen molar-refractivity contribution in [2.24, 2.45) is 5.41 Å².